The molecule has 0 radical (unpaired) electrons. The predicted octanol–water partition coefficient (Wildman–Crippen LogP) is 3.78. The Hall–Kier alpha value is -1.50. The summed E-state index contributed by atoms with van der Waals surface area (Å²) in [5.74, 6) is -0.0699. The van der Waals surface area contributed by atoms with Crippen molar-refractivity contribution in [3.8, 4) is 0 Å². The van der Waals surface area contributed by atoms with Crippen LogP contribution in [0.1, 0.15) is 86.0 Å². The smallest absolute Gasteiger partial charge is 0.334 e. The van der Waals surface area contributed by atoms with E-state index >= 15 is 0 Å². The Kier molecular flexibility index (Phi) is 4.47. The van der Waals surface area contributed by atoms with Gasteiger partial charge in [0.15, 0.2) is 0 Å². The molecule has 0 aromatic heterocycles. The number of cyclic esters (lactones) is 1. The van der Waals surface area contributed by atoms with Crippen LogP contribution in [0.25, 0.3) is 0 Å². The number of fused-ring (bicyclic) bond motifs is 4. The molecule has 4 aliphatic carbocycles. The fraction of sp³-hybridized carbons (Fsp3) is 0.786. The first-order valence-electron chi connectivity index (χ1n) is 13.1. The summed E-state index contributed by atoms with van der Waals surface area (Å²) < 4.78 is 12.0. The predicted molar refractivity (Wildman–Crippen MR) is 125 cm³/mol. The van der Waals surface area contributed by atoms with Crippen LogP contribution < -0.4 is 0 Å². The maximum Gasteiger partial charge on any atom is 0.334 e. The fourth-order valence-electron chi connectivity index (χ4n) is 9.15. The zero-order valence-electron chi connectivity index (χ0n) is 21.1. The molecule has 2 heterocycles. The van der Waals surface area contributed by atoms with Gasteiger partial charge in [-0.25, -0.2) is 4.79 Å². The summed E-state index contributed by atoms with van der Waals surface area (Å²) in [5.41, 5.74) is -1.66. The maximum atomic E-state index is 13.4. The topological polar surface area (TPSA) is 96.4 Å². The molecule has 6 rings (SSSR count). The first-order valence-corrected chi connectivity index (χ1v) is 13.1. The van der Waals surface area contributed by atoms with Crippen LogP contribution >= 0.6 is 0 Å². The molecule has 6 nitrogen and oxygen atoms in total. The van der Waals surface area contributed by atoms with Crippen LogP contribution in [0.3, 0.4) is 0 Å². The molecule has 9 atom stereocenters. The first kappa shape index (κ1) is 22.9. The highest BCUT2D eigenvalue weighted by atomic mass is 16.6. The Balaban J connectivity index is 1.35. The van der Waals surface area contributed by atoms with Gasteiger partial charge in [-0.1, -0.05) is 18.6 Å². The van der Waals surface area contributed by atoms with E-state index in [0.29, 0.717) is 37.0 Å². The van der Waals surface area contributed by atoms with Crippen LogP contribution in [0.2, 0.25) is 0 Å². The number of rotatable bonds is 2. The van der Waals surface area contributed by atoms with Gasteiger partial charge in [-0.15, -0.1) is 0 Å². The van der Waals surface area contributed by atoms with Crippen LogP contribution in [-0.4, -0.2) is 51.0 Å². The lowest BCUT2D eigenvalue weighted by Gasteiger charge is -2.61. The number of hydrogen-bond donors (Lipinski definition) is 2. The van der Waals surface area contributed by atoms with E-state index in [1.807, 2.05) is 13.0 Å². The lowest BCUT2D eigenvalue weighted by atomic mass is 9.42. The first-order chi connectivity index (χ1) is 15.8. The number of aliphatic hydroxyl groups is 2. The van der Waals surface area contributed by atoms with E-state index in [-0.39, 0.29) is 29.5 Å². The van der Waals surface area contributed by atoms with Crippen molar-refractivity contribution in [1.29, 1.82) is 0 Å². The van der Waals surface area contributed by atoms with E-state index in [0.717, 1.165) is 36.8 Å². The molecule has 1 spiro atoms. The summed E-state index contributed by atoms with van der Waals surface area (Å²) in [4.78, 5) is 25.8. The average Bonchev–Trinajstić information content (AvgIpc) is 3.40. The summed E-state index contributed by atoms with van der Waals surface area (Å²) in [5, 5.41) is 24.3. The molecule has 4 fully saturated rings. The lowest BCUT2D eigenvalue weighted by Crippen LogP contribution is -2.67. The molecular weight excluding hydrogens is 432 g/mol. The minimum atomic E-state index is -1.39. The highest BCUT2D eigenvalue weighted by Crippen LogP contribution is 2.74. The number of hydrogen-bond acceptors (Lipinski definition) is 6. The Morgan fingerprint density at radius 2 is 1.88 bits per heavy atom. The Morgan fingerprint density at radius 3 is 2.59 bits per heavy atom. The van der Waals surface area contributed by atoms with Gasteiger partial charge in [0.2, 0.25) is 0 Å². The molecule has 0 bridgehead atoms. The van der Waals surface area contributed by atoms with Gasteiger partial charge < -0.3 is 19.7 Å². The van der Waals surface area contributed by atoms with Crippen molar-refractivity contribution in [2.24, 2.45) is 22.7 Å². The molecule has 2 N–H and O–H groups in total. The van der Waals surface area contributed by atoms with Crippen molar-refractivity contribution in [2.75, 3.05) is 0 Å². The molecule has 0 aromatic rings. The highest BCUT2D eigenvalue weighted by molar-refractivity contribution is 5.90. The summed E-state index contributed by atoms with van der Waals surface area (Å²) in [6, 6.07) is 0. The minimum absolute atomic E-state index is 0.0361. The zero-order chi connectivity index (χ0) is 24.5. The lowest BCUT2D eigenvalue weighted by molar-refractivity contribution is -0.193. The van der Waals surface area contributed by atoms with Crippen molar-refractivity contribution >= 4 is 11.8 Å². The summed E-state index contributed by atoms with van der Waals surface area (Å²) in [6.45, 7) is 9.58. The third-order valence-electron chi connectivity index (χ3n) is 11.5. The number of esters is 1. The van der Waals surface area contributed by atoms with Gasteiger partial charge in [0.05, 0.1) is 17.1 Å². The van der Waals surface area contributed by atoms with Gasteiger partial charge in [-0.2, -0.15) is 0 Å². The molecule has 1 saturated heterocycles. The summed E-state index contributed by atoms with van der Waals surface area (Å²) in [6.07, 6.45) is 6.98. The molecule has 1 unspecified atom stereocenters. The van der Waals surface area contributed by atoms with E-state index in [2.05, 4.69) is 13.8 Å². The maximum absolute atomic E-state index is 13.4. The number of ketones is 1. The Bertz CT molecular complexity index is 1060. The quantitative estimate of drug-likeness (QED) is 0.362. The van der Waals surface area contributed by atoms with Gasteiger partial charge in [0, 0.05) is 23.8 Å². The largest absolute Gasteiger partial charge is 0.455 e. The van der Waals surface area contributed by atoms with Crippen LogP contribution in [0.4, 0.5) is 0 Å². The minimum Gasteiger partial charge on any atom is -0.455 e. The molecular formula is C28H38O6. The Morgan fingerprint density at radius 1 is 1.15 bits per heavy atom. The van der Waals surface area contributed by atoms with Gasteiger partial charge >= 0.3 is 5.97 Å². The van der Waals surface area contributed by atoms with E-state index in [4.69, 9.17) is 9.47 Å². The second-order valence-electron chi connectivity index (χ2n) is 12.7. The molecule has 2 aliphatic heterocycles. The van der Waals surface area contributed by atoms with Crippen LogP contribution in [0, 0.1) is 22.7 Å². The third kappa shape index (κ3) is 2.43. The zero-order valence-corrected chi connectivity index (χ0v) is 21.1. The molecule has 6 aliphatic rings. The third-order valence-corrected chi connectivity index (χ3v) is 11.5. The normalized spacial score (nSPS) is 51.4. The van der Waals surface area contributed by atoms with Crippen molar-refractivity contribution in [3.05, 3.63) is 22.8 Å². The number of carbonyl (C=O) groups is 2. The van der Waals surface area contributed by atoms with Gasteiger partial charge in [-0.3, -0.25) is 4.79 Å². The molecule has 186 valence electrons. The van der Waals surface area contributed by atoms with Crippen LogP contribution in [0.15, 0.2) is 22.8 Å². The number of epoxide rings is 1. The van der Waals surface area contributed by atoms with E-state index in [9.17, 15) is 19.8 Å². The summed E-state index contributed by atoms with van der Waals surface area (Å²) >= 11 is 0. The highest BCUT2D eigenvalue weighted by Gasteiger charge is 2.79. The number of ether oxygens (including phenoxy) is 2. The second-order valence-corrected chi connectivity index (χ2v) is 12.7. The van der Waals surface area contributed by atoms with Crippen molar-refractivity contribution in [3.63, 3.8) is 0 Å². The average molecular weight is 471 g/mol. The second kappa shape index (κ2) is 6.63. The van der Waals surface area contributed by atoms with Crippen molar-refractivity contribution < 1.29 is 29.3 Å². The standard InChI is InChI=1S/C28H38O6/c1-15-13-21(33-23(30)16(15)2)26(5,31)19-9-12-27(32)18-14-22-28(34-22)10-6-7-20(29)25(28,4)17(18)8-11-24(19,27)3/h9,17-18,21-22,31-32H,6-8,10-14H2,1-5H3/t17-,18+,21?,22+,24+,25-,26+,27+,28+/m0/s1. The molecule has 6 heteroatoms. The monoisotopic (exact) mass is 470 g/mol. The van der Waals surface area contributed by atoms with Crippen LogP contribution in [-0.2, 0) is 19.1 Å². The van der Waals surface area contributed by atoms with E-state index in [1.165, 1.54) is 0 Å². The Labute approximate surface area is 201 Å². The van der Waals surface area contributed by atoms with Gasteiger partial charge in [0.1, 0.15) is 23.1 Å². The SMILES string of the molecule is CC1=C(C)C(=O)OC([C@](C)(O)C2=CC[C@@]3(O)[C@@H]4C[C@H]5O[C@]56CCCC(=O)[C@]6(C)[C@H]4CC[C@]23C)C1. The number of Topliss-reactive ketones (excluding diaryl/α,β-unsaturated/α-hetero) is 1. The summed E-state index contributed by atoms with van der Waals surface area (Å²) in [7, 11) is 0. The molecule has 0 amide bonds. The molecule has 34 heavy (non-hydrogen) atoms. The van der Waals surface area contributed by atoms with E-state index in [1.54, 1.807) is 13.8 Å². The number of carbonyl (C=O) groups excluding carboxylic acids is 2. The molecule has 0 aromatic carbocycles. The van der Waals surface area contributed by atoms with Crippen molar-refractivity contribution in [1.82, 2.24) is 0 Å². The van der Waals surface area contributed by atoms with Crippen molar-refractivity contribution in [2.45, 2.75) is 115 Å². The van der Waals surface area contributed by atoms with Crippen LogP contribution in [0.5, 0.6) is 0 Å². The van der Waals surface area contributed by atoms with Gasteiger partial charge in [0.25, 0.3) is 0 Å². The fourth-order valence-corrected chi connectivity index (χ4v) is 9.15. The molecule has 3 saturated carbocycles. The van der Waals surface area contributed by atoms with Gasteiger partial charge in [-0.05, 0) is 83.6 Å². The van der Waals surface area contributed by atoms with E-state index < -0.39 is 28.1 Å².